The fourth-order valence-electron chi connectivity index (χ4n) is 5.06. The molecule has 4 rings (SSSR count). The Morgan fingerprint density at radius 2 is 1.40 bits per heavy atom. The van der Waals surface area contributed by atoms with Gasteiger partial charge in [-0.2, -0.15) is 39.5 Å². The van der Waals surface area contributed by atoms with E-state index in [1.807, 2.05) is 0 Å². The van der Waals surface area contributed by atoms with Gasteiger partial charge in [0.25, 0.3) is 5.91 Å². The van der Waals surface area contributed by atoms with Gasteiger partial charge in [-0.1, -0.05) is 6.07 Å². The standard InChI is InChI=1S/C34H29F9N4O5.Na/c1-44-30(50)20-5-8-28(51-2)27(13-20)26-7-6-22(32(35,36)37)12-21(26)18-47(31-45-15-25(16-46-31)52-9-3-4-29(48)49)17-19-10-23(33(38,39)40)14-24(11-19)34(41,42)43;/h5-8,10-16H,3-4,9,17-18H2,1-2H3,(H,44,50)(H,48,49);/q;+1/p-1. The summed E-state index contributed by atoms with van der Waals surface area (Å²) in [5, 5.41) is 13.1. The van der Waals surface area contributed by atoms with Crippen LogP contribution in [0.25, 0.3) is 11.1 Å². The molecule has 19 heteroatoms. The number of anilines is 1. The first kappa shape index (κ1) is 42.9. The summed E-state index contributed by atoms with van der Waals surface area (Å²) < 4.78 is 135. The van der Waals surface area contributed by atoms with Gasteiger partial charge in [0.1, 0.15) is 5.75 Å². The van der Waals surface area contributed by atoms with Gasteiger partial charge in [-0.25, -0.2) is 9.97 Å². The van der Waals surface area contributed by atoms with Crippen LogP contribution in [0.3, 0.4) is 0 Å². The van der Waals surface area contributed by atoms with Gasteiger partial charge in [-0.15, -0.1) is 0 Å². The molecule has 0 bridgehead atoms. The molecule has 278 valence electrons. The Kier molecular flexibility index (Phi) is 14.2. The Balaban J connectivity index is 0.00000756. The Morgan fingerprint density at radius 1 is 0.792 bits per heavy atom. The average molecular weight is 767 g/mol. The smallest absolute Gasteiger partial charge is 0.550 e. The molecule has 0 saturated heterocycles. The molecule has 1 heterocycles. The van der Waals surface area contributed by atoms with Crippen LogP contribution in [0.15, 0.2) is 67.0 Å². The molecule has 0 aliphatic heterocycles. The third-order valence-electron chi connectivity index (χ3n) is 7.48. The van der Waals surface area contributed by atoms with Crippen LogP contribution in [0.2, 0.25) is 0 Å². The van der Waals surface area contributed by atoms with E-state index < -0.39 is 65.7 Å². The van der Waals surface area contributed by atoms with Gasteiger partial charge in [0.2, 0.25) is 5.95 Å². The molecule has 0 atom stereocenters. The zero-order valence-corrected chi connectivity index (χ0v) is 30.2. The minimum atomic E-state index is -5.19. The average Bonchev–Trinajstić information content (AvgIpc) is 3.08. The van der Waals surface area contributed by atoms with Crippen molar-refractivity contribution in [3.05, 3.63) is 100 Å². The molecule has 0 radical (unpaired) electrons. The Bertz CT molecular complexity index is 1870. The number of aliphatic carboxylic acids is 1. The summed E-state index contributed by atoms with van der Waals surface area (Å²) in [6, 6.07) is 7.64. The van der Waals surface area contributed by atoms with Crippen LogP contribution < -0.4 is 54.4 Å². The fourth-order valence-corrected chi connectivity index (χ4v) is 5.06. The number of alkyl halides is 9. The van der Waals surface area contributed by atoms with Crippen LogP contribution in [0.5, 0.6) is 11.5 Å². The van der Waals surface area contributed by atoms with Crippen molar-refractivity contribution >= 4 is 17.8 Å². The van der Waals surface area contributed by atoms with Crippen molar-refractivity contribution in [3.63, 3.8) is 0 Å². The summed E-state index contributed by atoms with van der Waals surface area (Å²) in [7, 11) is 2.63. The van der Waals surface area contributed by atoms with E-state index in [0.29, 0.717) is 12.1 Å². The topological polar surface area (TPSA) is 117 Å². The maximum Gasteiger partial charge on any atom is 1.00 e. The summed E-state index contributed by atoms with van der Waals surface area (Å²) in [4.78, 5) is 32.4. The zero-order valence-electron chi connectivity index (χ0n) is 28.2. The molecule has 53 heavy (non-hydrogen) atoms. The SMILES string of the molecule is CNC(=O)c1ccc(OC)c(-c2ccc(C(F)(F)F)cc2CN(Cc2cc(C(F)(F)F)cc(C(F)(F)F)c2)c2ncc(OCCCC(=O)[O-])cn2)c1.[Na+]. The van der Waals surface area contributed by atoms with Gasteiger partial charge in [0, 0.05) is 37.2 Å². The van der Waals surface area contributed by atoms with Crippen LogP contribution in [-0.2, 0) is 36.4 Å². The van der Waals surface area contributed by atoms with Gasteiger partial charge in [-0.05, 0) is 78.1 Å². The number of ether oxygens (including phenoxy) is 2. The number of carbonyl (C=O) groups excluding carboxylic acids is 2. The van der Waals surface area contributed by atoms with Crippen molar-refractivity contribution in [1.29, 1.82) is 0 Å². The number of benzene rings is 3. The molecule has 0 aliphatic carbocycles. The monoisotopic (exact) mass is 766 g/mol. The largest absolute Gasteiger partial charge is 1.00 e. The molecule has 0 fully saturated rings. The van der Waals surface area contributed by atoms with Crippen molar-refractivity contribution in [2.45, 2.75) is 44.5 Å². The summed E-state index contributed by atoms with van der Waals surface area (Å²) in [5.41, 5.74) is -4.71. The van der Waals surface area contributed by atoms with Gasteiger partial charge in [0.15, 0.2) is 5.75 Å². The number of amides is 1. The van der Waals surface area contributed by atoms with Crippen molar-refractivity contribution in [3.8, 4) is 22.6 Å². The second-order valence-electron chi connectivity index (χ2n) is 11.2. The Labute approximate surface area is 318 Å². The van der Waals surface area contributed by atoms with Crippen molar-refractivity contribution in [2.75, 3.05) is 25.7 Å². The van der Waals surface area contributed by atoms with Crippen LogP contribution in [-0.4, -0.2) is 42.6 Å². The number of hydrogen-bond donors (Lipinski definition) is 1. The molecule has 1 amide bonds. The van der Waals surface area contributed by atoms with E-state index in [2.05, 4.69) is 15.3 Å². The Morgan fingerprint density at radius 3 is 1.92 bits per heavy atom. The molecule has 9 nitrogen and oxygen atoms in total. The number of halogens is 9. The van der Waals surface area contributed by atoms with E-state index in [0.717, 1.165) is 35.5 Å². The van der Waals surface area contributed by atoms with Gasteiger partial charge in [-0.3, -0.25) is 4.79 Å². The molecule has 4 aromatic rings. The molecule has 0 unspecified atom stereocenters. The van der Waals surface area contributed by atoms with E-state index in [-0.39, 0.29) is 94.8 Å². The van der Waals surface area contributed by atoms with Crippen LogP contribution >= 0.6 is 0 Å². The molecule has 1 aromatic heterocycles. The third kappa shape index (κ3) is 11.5. The minimum absolute atomic E-state index is 0. The van der Waals surface area contributed by atoms with Gasteiger partial charge in [0.05, 0.1) is 42.8 Å². The number of hydrogen-bond acceptors (Lipinski definition) is 8. The predicted octanol–water partition coefficient (Wildman–Crippen LogP) is 3.69. The molecular weight excluding hydrogens is 738 g/mol. The van der Waals surface area contributed by atoms with Crippen LogP contribution in [0.4, 0.5) is 45.5 Å². The predicted molar refractivity (Wildman–Crippen MR) is 165 cm³/mol. The maximum atomic E-state index is 14.0. The molecule has 0 aliphatic rings. The summed E-state index contributed by atoms with van der Waals surface area (Å²) in [6.45, 7) is -1.48. The number of carboxylic acids is 1. The molecule has 3 aromatic carbocycles. The van der Waals surface area contributed by atoms with Gasteiger partial charge < -0.3 is 29.6 Å². The summed E-state index contributed by atoms with van der Waals surface area (Å²) >= 11 is 0. The number of nitrogens with zero attached hydrogens (tertiary/aromatic N) is 3. The first-order chi connectivity index (χ1) is 24.3. The van der Waals surface area contributed by atoms with E-state index >= 15 is 0 Å². The zero-order chi connectivity index (χ0) is 38.4. The van der Waals surface area contributed by atoms with Crippen molar-refractivity contribution in [1.82, 2.24) is 15.3 Å². The quantitative estimate of drug-likeness (QED) is 0.125. The normalized spacial score (nSPS) is 11.8. The van der Waals surface area contributed by atoms with Crippen molar-refractivity contribution in [2.24, 2.45) is 0 Å². The molecule has 0 saturated carbocycles. The van der Waals surface area contributed by atoms with E-state index in [1.165, 1.54) is 32.4 Å². The molecular formula is C34H28F9N4NaO5. The van der Waals surface area contributed by atoms with Crippen LogP contribution in [0, 0.1) is 0 Å². The third-order valence-corrected chi connectivity index (χ3v) is 7.48. The number of carbonyl (C=O) groups is 2. The second-order valence-corrected chi connectivity index (χ2v) is 11.2. The number of methoxy groups -OCH3 is 1. The number of rotatable bonds is 13. The van der Waals surface area contributed by atoms with E-state index in [9.17, 15) is 54.2 Å². The first-order valence-electron chi connectivity index (χ1n) is 15.1. The molecule has 1 N–H and O–H groups in total. The van der Waals surface area contributed by atoms with Crippen molar-refractivity contribution < 1.29 is 93.2 Å². The van der Waals surface area contributed by atoms with Gasteiger partial charge >= 0.3 is 48.1 Å². The minimum Gasteiger partial charge on any atom is -0.550 e. The van der Waals surface area contributed by atoms with Crippen LogP contribution in [0.1, 0.15) is 51.0 Å². The van der Waals surface area contributed by atoms with E-state index in [1.54, 1.807) is 0 Å². The second kappa shape index (κ2) is 17.5. The fraction of sp³-hybridized carbons (Fsp3) is 0.294. The summed E-state index contributed by atoms with van der Waals surface area (Å²) in [5.74, 6) is -2.05. The number of nitrogens with one attached hydrogen (secondary N) is 1. The Hall–Kier alpha value is -4.55. The van der Waals surface area contributed by atoms with E-state index in [4.69, 9.17) is 9.47 Å². The molecule has 0 spiro atoms. The summed E-state index contributed by atoms with van der Waals surface area (Å²) in [6.07, 6.45) is -13.3. The maximum absolute atomic E-state index is 14.0. The first-order valence-corrected chi connectivity index (χ1v) is 15.1. The number of carboxylic acid groups (broad SMARTS) is 1. The number of aromatic nitrogens is 2.